The number of hydrogen-bond donors (Lipinski definition) is 2. The number of nitrogens with one attached hydrogen (secondary N) is 2. The summed E-state index contributed by atoms with van der Waals surface area (Å²) >= 11 is 1.49. The molecule has 7 heteroatoms. The van der Waals surface area contributed by atoms with E-state index in [0.717, 1.165) is 58.8 Å². The molecule has 2 unspecified atom stereocenters. The molecule has 3 aromatic carbocycles. The minimum Gasteiger partial charge on any atom is -0.338 e. The van der Waals surface area contributed by atoms with Gasteiger partial charge in [0.2, 0.25) is 0 Å². The summed E-state index contributed by atoms with van der Waals surface area (Å²) in [6.45, 7) is 10.8. The zero-order chi connectivity index (χ0) is 28.7. The Morgan fingerprint density at radius 2 is 1.12 bits per heavy atom. The first-order valence-corrected chi connectivity index (χ1v) is 16.4. The van der Waals surface area contributed by atoms with Crippen LogP contribution in [0.4, 0.5) is 0 Å². The van der Waals surface area contributed by atoms with Gasteiger partial charge in [0.1, 0.15) is 0 Å². The van der Waals surface area contributed by atoms with Gasteiger partial charge in [0.05, 0.1) is 33.1 Å². The highest BCUT2D eigenvalue weighted by Crippen LogP contribution is 2.44. The summed E-state index contributed by atoms with van der Waals surface area (Å²) in [6, 6.07) is 11.1. The first-order chi connectivity index (χ1) is 20.0. The van der Waals surface area contributed by atoms with Gasteiger partial charge in [0, 0.05) is 58.5 Å². The van der Waals surface area contributed by atoms with E-state index in [4.69, 9.17) is 0 Å². The summed E-state index contributed by atoms with van der Waals surface area (Å²) in [7, 11) is 0. The van der Waals surface area contributed by atoms with Gasteiger partial charge in [0.25, 0.3) is 0 Å². The molecule has 0 saturated heterocycles. The van der Waals surface area contributed by atoms with Crippen LogP contribution in [-0.2, 0) is 13.1 Å². The predicted molar refractivity (Wildman–Crippen MR) is 176 cm³/mol. The van der Waals surface area contributed by atoms with Crippen molar-refractivity contribution in [3.05, 3.63) is 56.8 Å². The number of rotatable bonds is 12. The second-order valence-corrected chi connectivity index (χ2v) is 12.5. The van der Waals surface area contributed by atoms with Gasteiger partial charge in [0.15, 0.2) is 10.9 Å². The standard InChI is InChI=1S/C34H42N4O2S/c1-5-9-11-21(7-3)19-37-27-17-23(39)13-15-25(27)29-31-32(36-41-35-31)30-26-16-14-24(40)18-28(26)38(34(30)33(29)37)20-22(8-4)12-10-6-2/h13-18,21-22,35-36H,5-12,19-20H2,1-4H3. The zero-order valence-electron chi connectivity index (χ0n) is 24.8. The van der Waals surface area contributed by atoms with Crippen LogP contribution in [0, 0.1) is 11.8 Å². The average Bonchev–Trinajstić information content (AvgIpc) is 3.66. The van der Waals surface area contributed by atoms with Crippen LogP contribution < -0.4 is 10.9 Å². The van der Waals surface area contributed by atoms with E-state index in [2.05, 4.69) is 45.6 Å². The first-order valence-electron chi connectivity index (χ1n) is 15.6. The van der Waals surface area contributed by atoms with E-state index in [0.29, 0.717) is 11.8 Å². The molecular weight excluding hydrogens is 528 g/mol. The van der Waals surface area contributed by atoms with E-state index >= 15 is 0 Å². The topological polar surface area (TPSA) is 75.6 Å². The number of unbranched alkanes of at least 4 members (excludes halogenated alkanes) is 2. The van der Waals surface area contributed by atoms with Crippen molar-refractivity contribution in [2.75, 3.05) is 0 Å². The molecule has 0 fully saturated rings. The highest BCUT2D eigenvalue weighted by molar-refractivity contribution is 7.00. The molecule has 6 aromatic rings. The van der Waals surface area contributed by atoms with Gasteiger partial charge in [-0.05, 0) is 48.9 Å². The molecule has 0 radical (unpaired) electrons. The van der Waals surface area contributed by atoms with Crippen LogP contribution in [-0.4, -0.2) is 17.9 Å². The molecule has 0 bridgehead atoms. The Balaban J connectivity index is 1.79. The van der Waals surface area contributed by atoms with Gasteiger partial charge < -0.3 is 9.13 Å². The quantitative estimate of drug-likeness (QED) is 0.154. The Morgan fingerprint density at radius 3 is 1.51 bits per heavy atom. The fraction of sp³-hybridized carbons (Fsp3) is 0.471. The number of fused-ring (bicyclic) bond motifs is 10. The summed E-state index contributed by atoms with van der Waals surface area (Å²) in [4.78, 5) is 25.6. The maximum atomic E-state index is 12.8. The maximum Gasteiger partial charge on any atom is 0.180 e. The molecule has 216 valence electrons. The third-order valence-corrected chi connectivity index (χ3v) is 9.93. The minimum atomic E-state index is 0.0404. The van der Waals surface area contributed by atoms with Crippen molar-refractivity contribution in [1.29, 1.82) is 0 Å². The van der Waals surface area contributed by atoms with E-state index < -0.39 is 0 Å². The number of nitrogens with zero attached hydrogens (tertiary/aromatic N) is 2. The summed E-state index contributed by atoms with van der Waals surface area (Å²) < 4.78 is 12.0. The molecule has 0 amide bonds. The second kappa shape index (κ2) is 11.5. The molecular formula is C34H42N4O2S. The van der Waals surface area contributed by atoms with Gasteiger partial charge in [-0.25, -0.2) is 0 Å². The van der Waals surface area contributed by atoms with E-state index in [-0.39, 0.29) is 10.9 Å². The molecule has 0 aliphatic heterocycles. The Hall–Kier alpha value is -3.32. The Labute approximate surface area is 244 Å². The van der Waals surface area contributed by atoms with Crippen LogP contribution in [0.3, 0.4) is 0 Å². The lowest BCUT2D eigenvalue weighted by Crippen LogP contribution is -2.13. The van der Waals surface area contributed by atoms with Gasteiger partial charge >= 0.3 is 0 Å². The second-order valence-electron chi connectivity index (χ2n) is 11.9. The van der Waals surface area contributed by atoms with Crippen LogP contribution in [0.1, 0.15) is 79.1 Å². The molecule has 6 rings (SSSR count). The Bertz CT molecular complexity index is 1830. The summed E-state index contributed by atoms with van der Waals surface area (Å²) in [6.07, 6.45) is 9.31. The molecule has 3 aromatic heterocycles. The van der Waals surface area contributed by atoms with Crippen molar-refractivity contribution in [3.8, 4) is 0 Å². The summed E-state index contributed by atoms with van der Waals surface area (Å²) in [5, 5.41) is 4.55. The maximum absolute atomic E-state index is 12.8. The van der Waals surface area contributed by atoms with Crippen molar-refractivity contribution in [2.45, 2.75) is 92.2 Å². The molecule has 0 saturated carbocycles. The fourth-order valence-corrected chi connectivity index (χ4v) is 7.63. The minimum absolute atomic E-state index is 0.0404. The van der Waals surface area contributed by atoms with Gasteiger partial charge in [-0.2, -0.15) is 0 Å². The molecule has 0 aliphatic carbocycles. The van der Waals surface area contributed by atoms with Crippen molar-refractivity contribution in [2.24, 2.45) is 11.8 Å². The molecule has 6 nitrogen and oxygen atoms in total. The van der Waals surface area contributed by atoms with Gasteiger partial charge in [-0.15, -0.1) is 0 Å². The predicted octanol–water partition coefficient (Wildman–Crippen LogP) is 8.93. The van der Waals surface area contributed by atoms with Crippen molar-refractivity contribution < 1.29 is 0 Å². The van der Waals surface area contributed by atoms with Crippen LogP contribution in [0.25, 0.3) is 54.6 Å². The SMILES string of the molecule is CCCCC(CC)Cn1c2cc(=O)ccc2c2c3[nH]s[nH]c3c3c4ccc(=O)cc4n(CC(CC)CCCC)c3c21. The monoisotopic (exact) mass is 570 g/mol. The van der Waals surface area contributed by atoms with E-state index in [9.17, 15) is 9.59 Å². The number of hydrogen-bond acceptors (Lipinski definition) is 3. The number of aromatic amines is 2. The normalized spacial score (nSPS) is 13.9. The smallest absolute Gasteiger partial charge is 0.180 e. The Morgan fingerprint density at radius 1 is 0.683 bits per heavy atom. The zero-order valence-corrected chi connectivity index (χ0v) is 25.6. The van der Waals surface area contributed by atoms with Crippen LogP contribution >= 0.6 is 11.7 Å². The third kappa shape index (κ3) is 4.72. The highest BCUT2D eigenvalue weighted by Gasteiger charge is 2.26. The van der Waals surface area contributed by atoms with Gasteiger partial charge in [-0.1, -0.05) is 66.2 Å². The lowest BCUT2D eigenvalue weighted by atomic mass is 9.99. The van der Waals surface area contributed by atoms with E-state index in [1.807, 2.05) is 24.3 Å². The molecule has 0 spiro atoms. The van der Waals surface area contributed by atoms with Gasteiger partial charge in [-0.3, -0.25) is 18.3 Å². The summed E-state index contributed by atoms with van der Waals surface area (Å²) in [5.74, 6) is 1.04. The highest BCUT2D eigenvalue weighted by atomic mass is 32.1. The number of H-pyrrole nitrogens is 2. The number of benzene rings is 3. The lowest BCUT2D eigenvalue weighted by molar-refractivity contribution is 0.398. The average molecular weight is 571 g/mol. The largest absolute Gasteiger partial charge is 0.338 e. The van der Waals surface area contributed by atoms with Crippen LogP contribution in [0.15, 0.2) is 46.0 Å². The van der Waals surface area contributed by atoms with Crippen molar-refractivity contribution in [3.63, 3.8) is 0 Å². The van der Waals surface area contributed by atoms with Crippen LogP contribution in [0.2, 0.25) is 0 Å². The van der Waals surface area contributed by atoms with Crippen molar-refractivity contribution in [1.82, 2.24) is 17.9 Å². The molecule has 2 N–H and O–H groups in total. The molecule has 2 atom stereocenters. The molecule has 0 aliphatic rings. The Kier molecular flexibility index (Phi) is 7.82. The lowest BCUT2D eigenvalue weighted by Gasteiger charge is -2.20. The van der Waals surface area contributed by atoms with E-state index in [1.54, 1.807) is 12.1 Å². The third-order valence-electron chi connectivity index (χ3n) is 9.32. The fourth-order valence-electron chi connectivity index (χ4n) is 6.97. The molecule has 3 heterocycles. The number of aromatic nitrogens is 4. The van der Waals surface area contributed by atoms with Crippen LogP contribution in [0.5, 0.6) is 0 Å². The first kappa shape index (κ1) is 27.8. The van der Waals surface area contributed by atoms with Crippen molar-refractivity contribution >= 4 is 66.4 Å². The summed E-state index contributed by atoms with van der Waals surface area (Å²) in [5.41, 5.74) is 6.61. The molecule has 41 heavy (non-hydrogen) atoms. The van der Waals surface area contributed by atoms with E-state index in [1.165, 1.54) is 72.1 Å².